The zero-order valence-electron chi connectivity index (χ0n) is 20.3. The maximum Gasteiger partial charge on any atom is 0.411 e. The van der Waals surface area contributed by atoms with Crippen molar-refractivity contribution in [2.45, 2.75) is 32.0 Å². The molecule has 2 aromatic rings. The Morgan fingerprint density at radius 2 is 1.73 bits per heavy atom. The van der Waals surface area contributed by atoms with Crippen molar-refractivity contribution in [3.05, 3.63) is 59.1 Å². The molecule has 0 aromatic heterocycles. The SMILES string of the molecule is CCOC(Cc1ccc(OCCN(CCCOCC(F)(F)F)C(=O)Nc2ccc(Cl)cc2)cc1)C(=O)O. The molecule has 2 N–H and O–H groups in total. The summed E-state index contributed by atoms with van der Waals surface area (Å²) in [6, 6.07) is 12.9. The van der Waals surface area contributed by atoms with E-state index in [1.165, 1.54) is 4.90 Å². The summed E-state index contributed by atoms with van der Waals surface area (Å²) >= 11 is 5.86. The molecule has 2 amide bonds. The summed E-state index contributed by atoms with van der Waals surface area (Å²) in [7, 11) is 0. The monoisotopic (exact) mass is 546 g/mol. The number of aliphatic carboxylic acids is 1. The lowest BCUT2D eigenvalue weighted by molar-refractivity contribution is -0.174. The van der Waals surface area contributed by atoms with Gasteiger partial charge in [-0.25, -0.2) is 9.59 Å². The van der Waals surface area contributed by atoms with Gasteiger partial charge >= 0.3 is 18.2 Å². The molecule has 0 saturated carbocycles. The molecule has 0 saturated heterocycles. The number of nitrogens with zero attached hydrogens (tertiary/aromatic N) is 1. The van der Waals surface area contributed by atoms with Gasteiger partial charge < -0.3 is 29.5 Å². The van der Waals surface area contributed by atoms with E-state index in [2.05, 4.69) is 10.1 Å². The number of anilines is 1. The average Bonchev–Trinajstić information content (AvgIpc) is 2.84. The number of alkyl halides is 3. The van der Waals surface area contributed by atoms with Crippen molar-refractivity contribution in [2.75, 3.05) is 44.8 Å². The lowest BCUT2D eigenvalue weighted by Crippen LogP contribution is -2.39. The highest BCUT2D eigenvalue weighted by atomic mass is 35.5. The van der Waals surface area contributed by atoms with Crippen molar-refractivity contribution in [3.8, 4) is 5.75 Å². The van der Waals surface area contributed by atoms with Crippen molar-refractivity contribution in [1.29, 1.82) is 0 Å². The quantitative estimate of drug-likeness (QED) is 0.296. The summed E-state index contributed by atoms with van der Waals surface area (Å²) in [4.78, 5) is 25.4. The summed E-state index contributed by atoms with van der Waals surface area (Å²) < 4.78 is 52.4. The lowest BCUT2D eigenvalue weighted by atomic mass is 10.1. The van der Waals surface area contributed by atoms with Gasteiger partial charge in [-0.15, -0.1) is 0 Å². The molecule has 0 fully saturated rings. The van der Waals surface area contributed by atoms with E-state index in [0.717, 1.165) is 5.56 Å². The van der Waals surface area contributed by atoms with Crippen LogP contribution in [0.2, 0.25) is 5.02 Å². The van der Waals surface area contributed by atoms with E-state index in [0.29, 0.717) is 16.5 Å². The highest BCUT2D eigenvalue weighted by molar-refractivity contribution is 6.30. The van der Waals surface area contributed by atoms with Crippen LogP contribution < -0.4 is 10.1 Å². The van der Waals surface area contributed by atoms with Crippen LogP contribution in [0.3, 0.4) is 0 Å². The Hall–Kier alpha value is -3.02. The summed E-state index contributed by atoms with van der Waals surface area (Å²) in [5.74, 6) is -0.526. The third kappa shape index (κ3) is 12.2. The zero-order chi connectivity index (χ0) is 27.3. The molecule has 1 atom stereocenters. The predicted molar refractivity (Wildman–Crippen MR) is 132 cm³/mol. The van der Waals surface area contributed by atoms with Crippen molar-refractivity contribution in [2.24, 2.45) is 0 Å². The molecule has 37 heavy (non-hydrogen) atoms. The number of carbonyl (C=O) groups is 2. The smallest absolute Gasteiger partial charge is 0.411 e. The second-order valence-corrected chi connectivity index (χ2v) is 8.36. The van der Waals surface area contributed by atoms with E-state index >= 15 is 0 Å². The maximum atomic E-state index is 12.8. The third-order valence-electron chi connectivity index (χ3n) is 4.98. The van der Waals surface area contributed by atoms with Crippen LogP contribution in [0.1, 0.15) is 18.9 Å². The molecule has 0 radical (unpaired) electrons. The summed E-state index contributed by atoms with van der Waals surface area (Å²) in [5, 5.41) is 12.4. The first-order chi connectivity index (χ1) is 17.6. The van der Waals surface area contributed by atoms with Gasteiger partial charge in [0, 0.05) is 36.9 Å². The maximum absolute atomic E-state index is 12.8. The first kappa shape index (κ1) is 30.2. The molecule has 0 heterocycles. The minimum atomic E-state index is -4.41. The number of nitrogens with one attached hydrogen (secondary N) is 1. The number of benzene rings is 2. The van der Waals surface area contributed by atoms with E-state index < -0.39 is 30.9 Å². The van der Waals surface area contributed by atoms with Gasteiger partial charge in [0.1, 0.15) is 19.0 Å². The lowest BCUT2D eigenvalue weighted by Gasteiger charge is -2.23. The standard InChI is InChI=1S/C25H30ClF3N2O6/c1-2-36-22(23(32)33)16-18-4-10-21(11-5-18)37-15-13-31(12-3-14-35-17-25(27,28)29)24(34)30-20-8-6-19(26)7-9-20/h4-11,22H,2-3,12-17H2,1H3,(H,30,34)(H,32,33). The van der Waals surface area contributed by atoms with Crippen molar-refractivity contribution in [3.63, 3.8) is 0 Å². The molecule has 0 aliphatic heterocycles. The fourth-order valence-electron chi connectivity index (χ4n) is 3.22. The van der Waals surface area contributed by atoms with Crippen LogP contribution >= 0.6 is 11.6 Å². The van der Waals surface area contributed by atoms with Gasteiger partial charge in [0.05, 0.1) is 6.54 Å². The number of amides is 2. The van der Waals surface area contributed by atoms with E-state index in [9.17, 15) is 27.9 Å². The topological polar surface area (TPSA) is 97.3 Å². The number of ether oxygens (including phenoxy) is 3. The number of carboxylic acid groups (broad SMARTS) is 1. The number of hydrogen-bond acceptors (Lipinski definition) is 5. The fourth-order valence-corrected chi connectivity index (χ4v) is 3.35. The highest BCUT2D eigenvalue weighted by Gasteiger charge is 2.27. The van der Waals surface area contributed by atoms with E-state index in [1.54, 1.807) is 55.5 Å². The second-order valence-electron chi connectivity index (χ2n) is 7.92. The van der Waals surface area contributed by atoms with E-state index in [-0.39, 0.29) is 45.8 Å². The number of hydrogen-bond donors (Lipinski definition) is 2. The van der Waals surface area contributed by atoms with Gasteiger partial charge in [-0.2, -0.15) is 13.2 Å². The van der Waals surface area contributed by atoms with Crippen LogP contribution in [0.25, 0.3) is 0 Å². The van der Waals surface area contributed by atoms with Crippen LogP contribution in [-0.2, 0) is 20.7 Å². The van der Waals surface area contributed by atoms with Crippen LogP contribution in [0.4, 0.5) is 23.7 Å². The summed E-state index contributed by atoms with van der Waals surface area (Å²) in [5.41, 5.74) is 1.27. The Labute approximate surface area is 218 Å². The van der Waals surface area contributed by atoms with E-state index in [4.69, 9.17) is 21.1 Å². The molecular weight excluding hydrogens is 517 g/mol. The largest absolute Gasteiger partial charge is 0.492 e. The van der Waals surface area contributed by atoms with Gasteiger partial charge in [0.25, 0.3) is 0 Å². The van der Waals surface area contributed by atoms with Crippen molar-refractivity contribution >= 4 is 29.3 Å². The number of carbonyl (C=O) groups excluding carboxylic acids is 1. The minimum Gasteiger partial charge on any atom is -0.492 e. The molecule has 12 heteroatoms. The highest BCUT2D eigenvalue weighted by Crippen LogP contribution is 2.17. The Morgan fingerprint density at radius 1 is 1.05 bits per heavy atom. The van der Waals surface area contributed by atoms with Crippen LogP contribution in [0, 0.1) is 0 Å². The van der Waals surface area contributed by atoms with Crippen LogP contribution in [-0.4, -0.2) is 73.8 Å². The number of carboxylic acids is 1. The molecular formula is C25H30ClF3N2O6. The molecule has 0 aliphatic carbocycles. The van der Waals surface area contributed by atoms with Gasteiger partial charge in [-0.05, 0) is 55.3 Å². The van der Waals surface area contributed by atoms with Crippen LogP contribution in [0.5, 0.6) is 5.75 Å². The van der Waals surface area contributed by atoms with Gasteiger partial charge in [-0.1, -0.05) is 23.7 Å². The Kier molecular flexibility index (Phi) is 12.5. The van der Waals surface area contributed by atoms with Gasteiger partial charge in [0.15, 0.2) is 6.10 Å². The zero-order valence-corrected chi connectivity index (χ0v) is 21.1. The number of urea groups is 1. The molecule has 0 spiro atoms. The first-order valence-electron chi connectivity index (χ1n) is 11.6. The van der Waals surface area contributed by atoms with Crippen LogP contribution in [0.15, 0.2) is 48.5 Å². The van der Waals surface area contributed by atoms with Crippen molar-refractivity contribution < 1.29 is 42.1 Å². The molecule has 2 rings (SSSR count). The molecule has 1 unspecified atom stereocenters. The molecule has 204 valence electrons. The molecule has 0 aliphatic rings. The summed E-state index contributed by atoms with van der Waals surface area (Å²) in [6.07, 6.45) is -4.95. The third-order valence-corrected chi connectivity index (χ3v) is 5.23. The first-order valence-corrected chi connectivity index (χ1v) is 12.0. The Balaban J connectivity index is 1.90. The second kappa shape index (κ2) is 15.3. The summed E-state index contributed by atoms with van der Waals surface area (Å²) in [6.45, 7) is 0.926. The van der Waals surface area contributed by atoms with E-state index in [1.807, 2.05) is 0 Å². The predicted octanol–water partition coefficient (Wildman–Crippen LogP) is 5.25. The molecule has 8 nitrogen and oxygen atoms in total. The Bertz CT molecular complexity index is 974. The minimum absolute atomic E-state index is 0.119. The van der Waals surface area contributed by atoms with Gasteiger partial charge in [-0.3, -0.25) is 0 Å². The van der Waals surface area contributed by atoms with Gasteiger partial charge in [0.2, 0.25) is 0 Å². The number of halogens is 4. The molecule has 2 aromatic carbocycles. The fraction of sp³-hybridized carbons (Fsp3) is 0.440. The van der Waals surface area contributed by atoms with Crippen molar-refractivity contribution in [1.82, 2.24) is 4.90 Å². The normalized spacial score (nSPS) is 12.1. The Morgan fingerprint density at radius 3 is 2.32 bits per heavy atom. The molecule has 0 bridgehead atoms. The number of rotatable bonds is 15. The average molecular weight is 547 g/mol.